The van der Waals surface area contributed by atoms with Crippen molar-refractivity contribution in [3.05, 3.63) is 52.0 Å². The van der Waals surface area contributed by atoms with Crippen molar-refractivity contribution < 1.29 is 29.3 Å². The maximum absolute atomic E-state index is 12.0. The first kappa shape index (κ1) is 18.9. The lowest BCUT2D eigenvalue weighted by atomic mass is 10.1. The van der Waals surface area contributed by atoms with Crippen LogP contribution in [0.4, 0.5) is 0 Å². The van der Waals surface area contributed by atoms with Gasteiger partial charge in [0.25, 0.3) is 0 Å². The zero-order valence-corrected chi connectivity index (χ0v) is 14.5. The number of phenols is 2. The Morgan fingerprint density at radius 2 is 1.84 bits per heavy atom. The van der Waals surface area contributed by atoms with Gasteiger partial charge < -0.3 is 19.7 Å². The fourth-order valence-electron chi connectivity index (χ4n) is 1.90. The Kier molecular flexibility index (Phi) is 6.12. The lowest BCUT2D eigenvalue weighted by Gasteiger charge is -2.15. The van der Waals surface area contributed by atoms with Crippen LogP contribution in [0.3, 0.4) is 0 Å². The van der Waals surface area contributed by atoms with E-state index in [0.717, 1.165) is 6.07 Å². The van der Waals surface area contributed by atoms with Crippen LogP contribution in [0.15, 0.2) is 36.4 Å². The summed E-state index contributed by atoms with van der Waals surface area (Å²) in [7, 11) is 0. The van der Waals surface area contributed by atoms with Gasteiger partial charge >= 0.3 is 5.97 Å². The van der Waals surface area contributed by atoms with Gasteiger partial charge in [-0.05, 0) is 37.3 Å². The molecule has 0 fully saturated rings. The molecule has 0 amide bonds. The molecule has 0 aliphatic heterocycles. The van der Waals surface area contributed by atoms with Gasteiger partial charge in [0, 0.05) is 11.1 Å². The molecule has 0 aromatic heterocycles. The standard InChI is InChI=1S/C17H14Cl2O6/c1-9(25-16-5-2-10(18)6-13(16)19)17(23)24-8-15(22)12-4-3-11(20)7-14(12)21/h2-7,9,20-21H,8H2,1H3. The topological polar surface area (TPSA) is 93.1 Å². The zero-order valence-electron chi connectivity index (χ0n) is 13.0. The van der Waals surface area contributed by atoms with Gasteiger partial charge in [0.05, 0.1) is 10.6 Å². The molecule has 2 N–H and O–H groups in total. The lowest BCUT2D eigenvalue weighted by Crippen LogP contribution is -2.28. The summed E-state index contributed by atoms with van der Waals surface area (Å²) in [5.41, 5.74) is -0.0695. The largest absolute Gasteiger partial charge is 0.508 e. The molecule has 25 heavy (non-hydrogen) atoms. The molecule has 0 saturated carbocycles. The minimum atomic E-state index is -1.01. The average molecular weight is 385 g/mol. The van der Waals surface area contributed by atoms with Gasteiger partial charge in [0.2, 0.25) is 5.78 Å². The second-order valence-corrected chi connectivity index (χ2v) is 5.91. The van der Waals surface area contributed by atoms with Crippen LogP contribution in [0.25, 0.3) is 0 Å². The molecule has 6 nitrogen and oxygen atoms in total. The van der Waals surface area contributed by atoms with Crippen LogP contribution >= 0.6 is 23.2 Å². The first-order valence-corrected chi connectivity index (χ1v) is 7.87. The normalized spacial score (nSPS) is 11.6. The van der Waals surface area contributed by atoms with E-state index < -0.39 is 30.2 Å². The summed E-state index contributed by atoms with van der Waals surface area (Å²) in [5.74, 6) is -1.75. The molecular formula is C17H14Cl2O6. The zero-order chi connectivity index (χ0) is 18.6. The number of Topliss-reactive ketones (excluding diaryl/α,β-unsaturated/α-hetero) is 1. The van der Waals surface area contributed by atoms with E-state index in [1.165, 1.54) is 31.2 Å². The fourth-order valence-corrected chi connectivity index (χ4v) is 2.35. The van der Waals surface area contributed by atoms with Crippen molar-refractivity contribution >= 4 is 35.0 Å². The van der Waals surface area contributed by atoms with Crippen molar-refractivity contribution in [3.8, 4) is 17.2 Å². The van der Waals surface area contributed by atoms with Crippen molar-refractivity contribution in [2.24, 2.45) is 0 Å². The summed E-state index contributed by atoms with van der Waals surface area (Å²) in [6, 6.07) is 8.01. The minimum absolute atomic E-state index is 0.0695. The molecule has 8 heteroatoms. The van der Waals surface area contributed by atoms with Crippen LogP contribution in [0.5, 0.6) is 17.2 Å². The molecule has 2 aromatic rings. The molecule has 1 atom stereocenters. The highest BCUT2D eigenvalue weighted by Crippen LogP contribution is 2.28. The number of aromatic hydroxyl groups is 2. The number of carbonyl (C=O) groups is 2. The number of ketones is 1. The number of hydrogen-bond acceptors (Lipinski definition) is 6. The third kappa shape index (κ3) is 5.01. The van der Waals surface area contributed by atoms with Gasteiger partial charge in [-0.2, -0.15) is 0 Å². The number of ether oxygens (including phenoxy) is 2. The average Bonchev–Trinajstić information content (AvgIpc) is 2.54. The molecule has 0 radical (unpaired) electrons. The van der Waals surface area contributed by atoms with E-state index in [1.54, 1.807) is 6.07 Å². The number of rotatable bonds is 6. The Morgan fingerprint density at radius 3 is 2.48 bits per heavy atom. The highest BCUT2D eigenvalue weighted by atomic mass is 35.5. The molecule has 2 aromatic carbocycles. The van der Waals surface area contributed by atoms with E-state index >= 15 is 0 Å². The summed E-state index contributed by atoms with van der Waals surface area (Å²) in [5, 5.41) is 19.5. The maximum atomic E-state index is 12.0. The first-order chi connectivity index (χ1) is 11.8. The molecule has 0 aliphatic carbocycles. The van der Waals surface area contributed by atoms with Crippen LogP contribution in [0.1, 0.15) is 17.3 Å². The third-order valence-electron chi connectivity index (χ3n) is 3.16. The smallest absolute Gasteiger partial charge is 0.347 e. The quantitative estimate of drug-likeness (QED) is 0.583. The molecule has 0 bridgehead atoms. The maximum Gasteiger partial charge on any atom is 0.347 e. The van der Waals surface area contributed by atoms with Crippen molar-refractivity contribution in [2.45, 2.75) is 13.0 Å². The second kappa shape index (κ2) is 8.09. The first-order valence-electron chi connectivity index (χ1n) is 7.11. The summed E-state index contributed by atoms with van der Waals surface area (Å²) < 4.78 is 10.3. The molecular weight excluding hydrogens is 371 g/mol. The van der Waals surface area contributed by atoms with Crippen LogP contribution in [-0.4, -0.2) is 34.7 Å². The molecule has 0 aliphatic rings. The van der Waals surface area contributed by atoms with E-state index in [4.69, 9.17) is 32.7 Å². The summed E-state index contributed by atoms with van der Waals surface area (Å²) in [6.45, 7) is 0.856. The Balaban J connectivity index is 1.93. The molecule has 0 saturated heterocycles. The van der Waals surface area contributed by atoms with E-state index in [-0.39, 0.29) is 22.1 Å². The Hall–Kier alpha value is -2.44. The molecule has 0 spiro atoms. The highest BCUT2D eigenvalue weighted by molar-refractivity contribution is 6.35. The van der Waals surface area contributed by atoms with Gasteiger partial charge in [-0.15, -0.1) is 0 Å². The molecule has 132 valence electrons. The van der Waals surface area contributed by atoms with Gasteiger partial charge in [-0.25, -0.2) is 4.79 Å². The fraction of sp³-hybridized carbons (Fsp3) is 0.176. The molecule has 2 rings (SSSR count). The monoisotopic (exact) mass is 384 g/mol. The lowest BCUT2D eigenvalue weighted by molar-refractivity contribution is -0.149. The van der Waals surface area contributed by atoms with E-state index in [0.29, 0.717) is 5.02 Å². The summed E-state index contributed by atoms with van der Waals surface area (Å²) in [6.07, 6.45) is -1.01. The third-order valence-corrected chi connectivity index (χ3v) is 3.69. The predicted molar refractivity (Wildman–Crippen MR) is 91.6 cm³/mol. The number of benzene rings is 2. The van der Waals surface area contributed by atoms with E-state index in [2.05, 4.69) is 0 Å². The number of carbonyl (C=O) groups excluding carboxylic acids is 2. The van der Waals surface area contributed by atoms with E-state index in [9.17, 15) is 19.8 Å². The Bertz CT molecular complexity index is 806. The minimum Gasteiger partial charge on any atom is -0.508 e. The summed E-state index contributed by atoms with van der Waals surface area (Å²) in [4.78, 5) is 23.9. The van der Waals surface area contributed by atoms with Gasteiger partial charge in [-0.3, -0.25) is 4.79 Å². The summed E-state index contributed by atoms with van der Waals surface area (Å²) >= 11 is 11.7. The van der Waals surface area contributed by atoms with Crippen LogP contribution < -0.4 is 4.74 Å². The van der Waals surface area contributed by atoms with E-state index in [1.807, 2.05) is 0 Å². The second-order valence-electron chi connectivity index (χ2n) is 5.07. The Labute approximate surface area is 153 Å². The van der Waals surface area contributed by atoms with Crippen LogP contribution in [-0.2, 0) is 9.53 Å². The van der Waals surface area contributed by atoms with Crippen LogP contribution in [0.2, 0.25) is 10.0 Å². The molecule has 0 heterocycles. The number of halogens is 2. The van der Waals surface area contributed by atoms with Gasteiger partial charge in [-0.1, -0.05) is 23.2 Å². The number of esters is 1. The van der Waals surface area contributed by atoms with Gasteiger partial charge in [0.1, 0.15) is 17.2 Å². The van der Waals surface area contributed by atoms with Crippen molar-refractivity contribution in [2.75, 3.05) is 6.61 Å². The van der Waals surface area contributed by atoms with Crippen molar-refractivity contribution in [1.82, 2.24) is 0 Å². The van der Waals surface area contributed by atoms with Crippen molar-refractivity contribution in [1.29, 1.82) is 0 Å². The predicted octanol–water partition coefficient (Wildman–Crippen LogP) is 3.60. The van der Waals surface area contributed by atoms with Crippen LogP contribution in [0, 0.1) is 0 Å². The number of phenolic OH excluding ortho intramolecular Hbond substituents is 2. The van der Waals surface area contributed by atoms with Crippen molar-refractivity contribution in [3.63, 3.8) is 0 Å². The Morgan fingerprint density at radius 1 is 1.12 bits per heavy atom. The number of hydrogen-bond donors (Lipinski definition) is 2. The highest BCUT2D eigenvalue weighted by Gasteiger charge is 2.20. The van der Waals surface area contributed by atoms with Gasteiger partial charge in [0.15, 0.2) is 12.7 Å². The SMILES string of the molecule is CC(Oc1ccc(Cl)cc1Cl)C(=O)OCC(=O)c1ccc(O)cc1O. The molecule has 1 unspecified atom stereocenters.